The Balaban J connectivity index is 0.00000144. The molecule has 17 heavy (non-hydrogen) atoms. The van der Waals surface area contributed by atoms with Crippen molar-refractivity contribution >= 4 is 24.0 Å². The molecule has 1 aromatic heterocycles. The number of ether oxygens (including phenoxy) is 1. The van der Waals surface area contributed by atoms with E-state index in [0.29, 0.717) is 22.5 Å². The van der Waals surface area contributed by atoms with Gasteiger partial charge in [-0.2, -0.15) is 4.98 Å². The fourth-order valence-electron chi connectivity index (χ4n) is 1.11. The van der Waals surface area contributed by atoms with E-state index in [9.17, 15) is 0 Å². The predicted molar refractivity (Wildman–Crippen MR) is 65.2 cm³/mol. The van der Waals surface area contributed by atoms with E-state index in [4.69, 9.17) is 26.6 Å². The Morgan fingerprint density at radius 2 is 2.00 bits per heavy atom. The first-order chi connectivity index (χ1) is 7.78. The molecule has 5 nitrogen and oxygen atoms in total. The quantitative estimate of drug-likeness (QED) is 0.926. The summed E-state index contributed by atoms with van der Waals surface area (Å²) in [5.74, 6) is 1.56. The summed E-state index contributed by atoms with van der Waals surface area (Å²) >= 11 is 5.74. The van der Waals surface area contributed by atoms with E-state index < -0.39 is 0 Å². The molecular formula is C10H11Cl2N3O2. The van der Waals surface area contributed by atoms with Gasteiger partial charge in [-0.25, -0.2) is 0 Å². The average molecular weight is 276 g/mol. The molecule has 0 unspecified atom stereocenters. The van der Waals surface area contributed by atoms with Crippen LogP contribution in [-0.2, 0) is 13.2 Å². The molecule has 0 fully saturated rings. The lowest BCUT2D eigenvalue weighted by atomic mass is 10.3. The van der Waals surface area contributed by atoms with Crippen LogP contribution in [-0.4, -0.2) is 10.1 Å². The minimum absolute atomic E-state index is 0. The minimum atomic E-state index is 0. The van der Waals surface area contributed by atoms with Crippen LogP contribution in [0.2, 0.25) is 5.02 Å². The van der Waals surface area contributed by atoms with Crippen LogP contribution in [0.25, 0.3) is 0 Å². The van der Waals surface area contributed by atoms with Crippen molar-refractivity contribution in [3.05, 3.63) is 41.0 Å². The second kappa shape index (κ2) is 6.44. The number of hydrogen-bond donors (Lipinski definition) is 1. The lowest BCUT2D eigenvalue weighted by Gasteiger charge is -2.02. The van der Waals surface area contributed by atoms with E-state index >= 15 is 0 Å². The van der Waals surface area contributed by atoms with Crippen molar-refractivity contribution in [2.24, 2.45) is 5.73 Å². The third-order valence-electron chi connectivity index (χ3n) is 1.87. The van der Waals surface area contributed by atoms with Gasteiger partial charge in [-0.3, -0.25) is 0 Å². The molecule has 0 aliphatic heterocycles. The van der Waals surface area contributed by atoms with Crippen LogP contribution in [0.4, 0.5) is 0 Å². The molecule has 0 saturated carbocycles. The molecule has 0 aliphatic rings. The van der Waals surface area contributed by atoms with Crippen LogP contribution >= 0.6 is 24.0 Å². The third-order valence-corrected chi connectivity index (χ3v) is 2.12. The molecule has 1 heterocycles. The highest BCUT2D eigenvalue weighted by Gasteiger charge is 2.04. The first kappa shape index (κ1) is 13.8. The smallest absolute Gasteiger partial charge is 0.240 e. The predicted octanol–water partition coefficient (Wildman–Crippen LogP) is 2.18. The van der Waals surface area contributed by atoms with Crippen molar-refractivity contribution < 1.29 is 9.26 Å². The summed E-state index contributed by atoms with van der Waals surface area (Å²) in [4.78, 5) is 4.01. The average Bonchev–Trinajstić information content (AvgIpc) is 2.76. The van der Waals surface area contributed by atoms with Crippen molar-refractivity contribution in [2.45, 2.75) is 13.2 Å². The maximum Gasteiger partial charge on any atom is 0.240 e. The van der Waals surface area contributed by atoms with Gasteiger partial charge in [0, 0.05) is 5.02 Å². The Hall–Kier alpha value is -1.30. The van der Waals surface area contributed by atoms with Crippen LogP contribution in [0.3, 0.4) is 0 Å². The van der Waals surface area contributed by atoms with E-state index in [-0.39, 0.29) is 25.6 Å². The molecule has 0 radical (unpaired) electrons. The van der Waals surface area contributed by atoms with Crippen molar-refractivity contribution in [1.82, 2.24) is 10.1 Å². The van der Waals surface area contributed by atoms with Gasteiger partial charge in [-0.1, -0.05) is 16.8 Å². The van der Waals surface area contributed by atoms with Gasteiger partial charge in [0.15, 0.2) is 6.61 Å². The maximum atomic E-state index is 5.74. The molecule has 0 aliphatic carbocycles. The molecule has 7 heteroatoms. The summed E-state index contributed by atoms with van der Waals surface area (Å²) in [6, 6.07) is 7.04. The lowest BCUT2D eigenvalue weighted by molar-refractivity contribution is 0.285. The number of rotatable bonds is 4. The molecule has 0 bridgehead atoms. The first-order valence-electron chi connectivity index (χ1n) is 4.68. The Morgan fingerprint density at radius 3 is 2.59 bits per heavy atom. The molecule has 0 amide bonds. The second-order valence-electron chi connectivity index (χ2n) is 3.05. The van der Waals surface area contributed by atoms with Gasteiger partial charge < -0.3 is 15.0 Å². The van der Waals surface area contributed by atoms with Crippen molar-refractivity contribution in [3.63, 3.8) is 0 Å². The topological polar surface area (TPSA) is 74.2 Å². The monoisotopic (exact) mass is 275 g/mol. The summed E-state index contributed by atoms with van der Waals surface area (Å²) in [6.45, 7) is 0.471. The summed E-state index contributed by atoms with van der Waals surface area (Å²) in [5, 5.41) is 4.37. The highest BCUT2D eigenvalue weighted by Crippen LogP contribution is 2.16. The molecule has 2 N–H and O–H groups in total. The Bertz CT molecular complexity index is 459. The van der Waals surface area contributed by atoms with Crippen LogP contribution in [0.5, 0.6) is 5.75 Å². The summed E-state index contributed by atoms with van der Waals surface area (Å²) in [7, 11) is 0. The number of aromatic nitrogens is 2. The van der Waals surface area contributed by atoms with Gasteiger partial charge in [0.2, 0.25) is 11.7 Å². The van der Waals surface area contributed by atoms with E-state index in [1.807, 2.05) is 0 Å². The SMILES string of the molecule is Cl.NCc1nc(COc2ccc(Cl)cc2)no1. The Labute approximate surface area is 109 Å². The molecule has 0 spiro atoms. The van der Waals surface area contributed by atoms with Gasteiger partial charge in [0.05, 0.1) is 6.54 Å². The number of benzene rings is 1. The van der Waals surface area contributed by atoms with E-state index in [1.54, 1.807) is 24.3 Å². The van der Waals surface area contributed by atoms with Crippen LogP contribution in [0, 0.1) is 0 Å². The Kier molecular flexibility index (Phi) is 5.21. The molecule has 0 atom stereocenters. The zero-order valence-electron chi connectivity index (χ0n) is 8.80. The number of nitrogens with two attached hydrogens (primary N) is 1. The van der Waals surface area contributed by atoms with Gasteiger partial charge >= 0.3 is 0 Å². The zero-order valence-corrected chi connectivity index (χ0v) is 10.4. The number of hydrogen-bond acceptors (Lipinski definition) is 5. The molecular weight excluding hydrogens is 265 g/mol. The fraction of sp³-hybridized carbons (Fsp3) is 0.200. The van der Waals surface area contributed by atoms with Crippen molar-refractivity contribution in [1.29, 1.82) is 0 Å². The van der Waals surface area contributed by atoms with Crippen LogP contribution < -0.4 is 10.5 Å². The largest absolute Gasteiger partial charge is 0.485 e. The molecule has 0 saturated heterocycles. The molecule has 2 aromatic rings. The second-order valence-corrected chi connectivity index (χ2v) is 3.49. The molecule has 92 valence electrons. The van der Waals surface area contributed by atoms with Gasteiger partial charge in [0.25, 0.3) is 0 Å². The zero-order chi connectivity index (χ0) is 11.4. The van der Waals surface area contributed by atoms with Gasteiger partial charge in [-0.15, -0.1) is 12.4 Å². The first-order valence-corrected chi connectivity index (χ1v) is 5.05. The number of halogens is 2. The van der Waals surface area contributed by atoms with Crippen LogP contribution in [0.15, 0.2) is 28.8 Å². The number of nitrogens with zero attached hydrogens (tertiary/aromatic N) is 2. The van der Waals surface area contributed by atoms with Crippen LogP contribution in [0.1, 0.15) is 11.7 Å². The summed E-state index contributed by atoms with van der Waals surface area (Å²) in [6.07, 6.45) is 0. The summed E-state index contributed by atoms with van der Waals surface area (Å²) < 4.78 is 10.3. The lowest BCUT2D eigenvalue weighted by Crippen LogP contribution is -1.99. The van der Waals surface area contributed by atoms with Gasteiger partial charge in [0.1, 0.15) is 5.75 Å². The molecule has 1 aromatic carbocycles. The maximum absolute atomic E-state index is 5.74. The Morgan fingerprint density at radius 1 is 1.29 bits per heavy atom. The summed E-state index contributed by atoms with van der Waals surface area (Å²) in [5.41, 5.74) is 5.34. The highest BCUT2D eigenvalue weighted by atomic mass is 35.5. The van der Waals surface area contributed by atoms with E-state index in [2.05, 4.69) is 10.1 Å². The highest BCUT2D eigenvalue weighted by molar-refractivity contribution is 6.30. The standard InChI is InChI=1S/C10H10ClN3O2.ClH/c11-7-1-3-8(4-2-7)15-6-9-13-10(5-12)16-14-9;/h1-4H,5-6,12H2;1H. The minimum Gasteiger partial charge on any atom is -0.485 e. The van der Waals surface area contributed by atoms with Crippen molar-refractivity contribution in [3.8, 4) is 5.75 Å². The fourth-order valence-corrected chi connectivity index (χ4v) is 1.24. The van der Waals surface area contributed by atoms with Crippen molar-refractivity contribution in [2.75, 3.05) is 0 Å². The molecule has 2 rings (SSSR count). The third kappa shape index (κ3) is 3.89. The van der Waals surface area contributed by atoms with Gasteiger partial charge in [-0.05, 0) is 24.3 Å². The normalized spacial score (nSPS) is 9.76. The van der Waals surface area contributed by atoms with E-state index in [1.165, 1.54) is 0 Å². The van der Waals surface area contributed by atoms with E-state index in [0.717, 1.165) is 0 Å².